The fourth-order valence-corrected chi connectivity index (χ4v) is 3.75. The van der Waals surface area contributed by atoms with Crippen LogP contribution in [-0.4, -0.2) is 50.1 Å². The standard InChI is InChI=1S/C14H26N2O4S/c1-12(2,21(5,18)19)8-16-11(17)14(15)9-6-7-20-10(9)13(14,3)4/h9-10H,6-8,15H2,1-5H3,(H,16,17). The van der Waals surface area contributed by atoms with Gasteiger partial charge in [0.15, 0.2) is 9.84 Å². The third-order valence-electron chi connectivity index (χ3n) is 5.51. The molecule has 0 aromatic rings. The molecule has 2 aliphatic rings. The van der Waals surface area contributed by atoms with Crippen molar-refractivity contribution < 1.29 is 17.9 Å². The lowest BCUT2D eigenvalue weighted by Gasteiger charge is -2.60. The Bertz CT molecular complexity index is 555. The van der Waals surface area contributed by atoms with Crippen LogP contribution in [0.15, 0.2) is 0 Å². The highest BCUT2D eigenvalue weighted by molar-refractivity contribution is 7.92. The number of carbonyl (C=O) groups excluding carboxylic acids is 1. The number of hydrogen-bond acceptors (Lipinski definition) is 5. The molecule has 3 N–H and O–H groups in total. The number of fused-ring (bicyclic) bond motifs is 1. The van der Waals surface area contributed by atoms with Crippen LogP contribution in [0.3, 0.4) is 0 Å². The molecule has 0 bridgehead atoms. The highest BCUT2D eigenvalue weighted by atomic mass is 32.2. The Balaban J connectivity index is 2.11. The third-order valence-corrected chi connectivity index (χ3v) is 7.66. The predicted octanol–water partition coefficient (Wildman–Crippen LogP) is 0.0682. The molecule has 1 aliphatic heterocycles. The highest BCUT2D eigenvalue weighted by Crippen LogP contribution is 2.58. The number of carbonyl (C=O) groups is 1. The van der Waals surface area contributed by atoms with Gasteiger partial charge in [-0.25, -0.2) is 8.42 Å². The lowest BCUT2D eigenvalue weighted by atomic mass is 9.48. The van der Waals surface area contributed by atoms with Gasteiger partial charge in [-0.2, -0.15) is 0 Å². The quantitative estimate of drug-likeness (QED) is 0.764. The fourth-order valence-electron chi connectivity index (χ4n) is 3.42. The van der Waals surface area contributed by atoms with Crippen LogP contribution in [-0.2, 0) is 19.4 Å². The minimum absolute atomic E-state index is 0.00819. The molecule has 1 heterocycles. The van der Waals surface area contributed by atoms with Crippen molar-refractivity contribution in [2.45, 2.75) is 50.5 Å². The fraction of sp³-hybridized carbons (Fsp3) is 0.929. The van der Waals surface area contributed by atoms with Gasteiger partial charge < -0.3 is 15.8 Å². The number of nitrogens with two attached hydrogens (primary N) is 1. The van der Waals surface area contributed by atoms with Gasteiger partial charge in [-0.3, -0.25) is 4.79 Å². The maximum Gasteiger partial charge on any atom is 0.241 e. The Hall–Kier alpha value is -0.660. The number of rotatable bonds is 4. The van der Waals surface area contributed by atoms with Gasteiger partial charge in [0.1, 0.15) is 5.54 Å². The van der Waals surface area contributed by atoms with Crippen LogP contribution in [0.1, 0.15) is 34.1 Å². The number of sulfone groups is 1. The van der Waals surface area contributed by atoms with Gasteiger partial charge in [0.25, 0.3) is 0 Å². The first-order chi connectivity index (χ1) is 9.36. The molecule has 1 aliphatic carbocycles. The second-order valence-electron chi connectivity index (χ2n) is 7.49. The van der Waals surface area contributed by atoms with Crippen molar-refractivity contribution in [1.82, 2.24) is 5.32 Å². The normalized spacial score (nSPS) is 35.0. The Morgan fingerprint density at radius 3 is 2.52 bits per heavy atom. The second kappa shape index (κ2) is 4.67. The van der Waals surface area contributed by atoms with E-state index in [9.17, 15) is 13.2 Å². The lowest BCUT2D eigenvalue weighted by Crippen LogP contribution is -2.80. The van der Waals surface area contributed by atoms with Crippen LogP contribution >= 0.6 is 0 Å². The second-order valence-corrected chi connectivity index (χ2v) is 10.1. The van der Waals surface area contributed by atoms with Crippen molar-refractivity contribution >= 4 is 15.7 Å². The Kier molecular flexibility index (Phi) is 3.71. The first kappa shape index (κ1) is 16.7. The summed E-state index contributed by atoms with van der Waals surface area (Å²) in [5, 5.41) is 2.74. The van der Waals surface area contributed by atoms with Crippen molar-refractivity contribution in [3.63, 3.8) is 0 Å². The van der Waals surface area contributed by atoms with Crippen molar-refractivity contribution in [2.24, 2.45) is 17.1 Å². The van der Waals surface area contributed by atoms with E-state index in [-0.39, 0.29) is 24.5 Å². The molecule has 0 aromatic carbocycles. The average molecular weight is 318 g/mol. The van der Waals surface area contributed by atoms with E-state index >= 15 is 0 Å². The predicted molar refractivity (Wildman–Crippen MR) is 80.5 cm³/mol. The summed E-state index contributed by atoms with van der Waals surface area (Å²) in [5.74, 6) is -0.273. The zero-order valence-corrected chi connectivity index (χ0v) is 14.2. The van der Waals surface area contributed by atoms with Crippen LogP contribution in [0, 0.1) is 11.3 Å². The molecule has 3 atom stereocenters. The smallest absolute Gasteiger partial charge is 0.241 e. The molecule has 0 radical (unpaired) electrons. The van der Waals surface area contributed by atoms with Crippen LogP contribution in [0.25, 0.3) is 0 Å². The summed E-state index contributed by atoms with van der Waals surface area (Å²) in [6.45, 7) is 7.73. The van der Waals surface area contributed by atoms with E-state index in [2.05, 4.69) is 5.32 Å². The molecule has 0 aromatic heterocycles. The van der Waals surface area contributed by atoms with Crippen LogP contribution in [0.4, 0.5) is 0 Å². The van der Waals surface area contributed by atoms with Gasteiger partial charge >= 0.3 is 0 Å². The number of amides is 1. The average Bonchev–Trinajstić information content (AvgIpc) is 2.81. The summed E-state index contributed by atoms with van der Waals surface area (Å²) in [6.07, 6.45) is 1.95. The maximum absolute atomic E-state index is 12.6. The van der Waals surface area contributed by atoms with Gasteiger partial charge in [-0.15, -0.1) is 0 Å². The first-order valence-electron chi connectivity index (χ1n) is 7.24. The molecular formula is C14H26N2O4S. The van der Waals surface area contributed by atoms with Crippen LogP contribution in [0.2, 0.25) is 0 Å². The molecule has 1 saturated carbocycles. The zero-order chi connectivity index (χ0) is 16.3. The topological polar surface area (TPSA) is 98.5 Å². The molecule has 3 unspecified atom stereocenters. The van der Waals surface area contributed by atoms with E-state index in [4.69, 9.17) is 10.5 Å². The molecule has 21 heavy (non-hydrogen) atoms. The summed E-state index contributed by atoms with van der Waals surface area (Å²) in [4.78, 5) is 12.6. The van der Waals surface area contributed by atoms with E-state index in [1.807, 2.05) is 13.8 Å². The summed E-state index contributed by atoms with van der Waals surface area (Å²) in [5.41, 5.74) is 4.96. The lowest BCUT2D eigenvalue weighted by molar-refractivity contribution is -0.175. The highest BCUT2D eigenvalue weighted by Gasteiger charge is 2.71. The van der Waals surface area contributed by atoms with E-state index in [0.29, 0.717) is 6.61 Å². The Labute approximate surface area is 126 Å². The summed E-state index contributed by atoms with van der Waals surface area (Å²) in [7, 11) is -3.26. The molecule has 7 heteroatoms. The van der Waals surface area contributed by atoms with E-state index in [0.717, 1.165) is 6.42 Å². The molecule has 6 nitrogen and oxygen atoms in total. The summed E-state index contributed by atoms with van der Waals surface area (Å²) in [6, 6.07) is 0. The van der Waals surface area contributed by atoms with Crippen LogP contribution < -0.4 is 11.1 Å². The first-order valence-corrected chi connectivity index (χ1v) is 9.13. The van der Waals surface area contributed by atoms with E-state index in [1.54, 1.807) is 13.8 Å². The van der Waals surface area contributed by atoms with Crippen molar-refractivity contribution in [2.75, 3.05) is 19.4 Å². The van der Waals surface area contributed by atoms with Crippen molar-refractivity contribution in [3.05, 3.63) is 0 Å². The van der Waals surface area contributed by atoms with E-state index < -0.39 is 25.5 Å². The molecular weight excluding hydrogens is 292 g/mol. The maximum atomic E-state index is 12.6. The number of nitrogens with one attached hydrogen (secondary N) is 1. The minimum Gasteiger partial charge on any atom is -0.377 e. The Morgan fingerprint density at radius 2 is 2.00 bits per heavy atom. The van der Waals surface area contributed by atoms with Gasteiger partial charge in [-0.1, -0.05) is 13.8 Å². The number of ether oxygens (including phenoxy) is 1. The SMILES string of the molecule is CC1(C)C2OCCC2C1(N)C(=O)NCC(C)(C)S(C)(=O)=O. The molecule has 1 amide bonds. The minimum atomic E-state index is -3.26. The molecule has 1 saturated heterocycles. The summed E-state index contributed by atoms with van der Waals surface area (Å²) >= 11 is 0. The van der Waals surface area contributed by atoms with Crippen molar-refractivity contribution in [3.8, 4) is 0 Å². The summed E-state index contributed by atoms with van der Waals surface area (Å²) < 4.78 is 28.1. The third kappa shape index (κ3) is 2.21. The van der Waals surface area contributed by atoms with Gasteiger partial charge in [0, 0.05) is 30.7 Å². The zero-order valence-electron chi connectivity index (χ0n) is 13.4. The molecule has 122 valence electrons. The van der Waals surface area contributed by atoms with Crippen molar-refractivity contribution in [1.29, 1.82) is 0 Å². The number of hydrogen-bond donors (Lipinski definition) is 2. The largest absolute Gasteiger partial charge is 0.377 e. The van der Waals surface area contributed by atoms with Gasteiger partial charge in [-0.05, 0) is 20.3 Å². The van der Waals surface area contributed by atoms with Gasteiger partial charge in [0.2, 0.25) is 5.91 Å². The molecule has 2 rings (SSSR count). The van der Waals surface area contributed by atoms with Crippen LogP contribution in [0.5, 0.6) is 0 Å². The van der Waals surface area contributed by atoms with Gasteiger partial charge in [0.05, 0.1) is 10.9 Å². The molecule has 0 spiro atoms. The van der Waals surface area contributed by atoms with E-state index in [1.165, 1.54) is 6.26 Å². The Morgan fingerprint density at radius 1 is 1.43 bits per heavy atom. The monoisotopic (exact) mass is 318 g/mol. The molecule has 2 fully saturated rings.